The van der Waals surface area contributed by atoms with Crippen molar-refractivity contribution in [3.63, 3.8) is 0 Å². The maximum Gasteiger partial charge on any atom is 0.0895 e. The third-order valence-corrected chi connectivity index (χ3v) is 2.89. The van der Waals surface area contributed by atoms with Crippen LogP contribution in [-0.2, 0) is 13.6 Å². The zero-order chi connectivity index (χ0) is 12.3. The molecule has 0 bridgehead atoms. The van der Waals surface area contributed by atoms with E-state index in [9.17, 15) is 5.11 Å². The van der Waals surface area contributed by atoms with Crippen LogP contribution in [0.2, 0.25) is 0 Å². The third-order valence-electron chi connectivity index (χ3n) is 2.89. The molecule has 0 aliphatic carbocycles. The Morgan fingerprint density at radius 2 is 2.12 bits per heavy atom. The highest BCUT2D eigenvalue weighted by Gasteiger charge is 2.06. The molecule has 1 aromatic heterocycles. The number of nitrogens with one attached hydrogen (secondary N) is 1. The number of aliphatic hydroxyl groups excluding tert-OH is 2. The summed E-state index contributed by atoms with van der Waals surface area (Å²) in [6.45, 7) is 0.890. The standard InChI is InChI=1S/C13H18N2O2/c1-15-8-10(6-14-7-11(17)9-16)12-4-2-3-5-13(12)15/h2-5,8,11,14,16-17H,6-7,9H2,1H3. The molecule has 1 unspecified atom stereocenters. The van der Waals surface area contributed by atoms with Crippen molar-refractivity contribution in [2.45, 2.75) is 12.6 Å². The predicted octanol–water partition coefficient (Wildman–Crippen LogP) is 0.621. The van der Waals surface area contributed by atoms with Gasteiger partial charge in [-0.3, -0.25) is 0 Å². The monoisotopic (exact) mass is 234 g/mol. The summed E-state index contributed by atoms with van der Waals surface area (Å²) in [5.74, 6) is 0. The van der Waals surface area contributed by atoms with Gasteiger partial charge in [-0.25, -0.2) is 0 Å². The van der Waals surface area contributed by atoms with Crippen molar-refractivity contribution < 1.29 is 10.2 Å². The van der Waals surface area contributed by atoms with Crippen LogP contribution in [0.1, 0.15) is 5.56 Å². The Balaban J connectivity index is 2.09. The van der Waals surface area contributed by atoms with Gasteiger partial charge in [0.15, 0.2) is 0 Å². The topological polar surface area (TPSA) is 57.4 Å². The molecule has 3 N–H and O–H groups in total. The van der Waals surface area contributed by atoms with Gasteiger partial charge in [0.05, 0.1) is 12.7 Å². The maximum atomic E-state index is 9.24. The Hall–Kier alpha value is -1.36. The largest absolute Gasteiger partial charge is 0.394 e. The van der Waals surface area contributed by atoms with Crippen LogP contribution in [0, 0.1) is 0 Å². The molecule has 0 radical (unpaired) electrons. The third kappa shape index (κ3) is 2.66. The van der Waals surface area contributed by atoms with Gasteiger partial charge < -0.3 is 20.1 Å². The lowest BCUT2D eigenvalue weighted by Crippen LogP contribution is -2.28. The zero-order valence-corrected chi connectivity index (χ0v) is 9.93. The van der Waals surface area contributed by atoms with Crippen LogP contribution in [0.4, 0.5) is 0 Å². The fourth-order valence-corrected chi connectivity index (χ4v) is 2.00. The Morgan fingerprint density at radius 3 is 2.88 bits per heavy atom. The number of aryl methyl sites for hydroxylation is 1. The van der Waals surface area contributed by atoms with Gasteiger partial charge in [-0.2, -0.15) is 0 Å². The average molecular weight is 234 g/mol. The van der Waals surface area contributed by atoms with Gasteiger partial charge in [0.25, 0.3) is 0 Å². The molecule has 0 fully saturated rings. The van der Waals surface area contributed by atoms with Crippen molar-refractivity contribution in [3.05, 3.63) is 36.0 Å². The molecule has 0 saturated carbocycles. The van der Waals surface area contributed by atoms with Crippen molar-refractivity contribution in [2.24, 2.45) is 7.05 Å². The van der Waals surface area contributed by atoms with E-state index in [0.717, 1.165) is 0 Å². The van der Waals surface area contributed by atoms with Crippen molar-refractivity contribution >= 4 is 10.9 Å². The van der Waals surface area contributed by atoms with Gasteiger partial charge in [0, 0.05) is 37.2 Å². The van der Waals surface area contributed by atoms with E-state index in [1.54, 1.807) is 0 Å². The minimum Gasteiger partial charge on any atom is -0.394 e. The van der Waals surface area contributed by atoms with Crippen molar-refractivity contribution in [2.75, 3.05) is 13.2 Å². The Bertz CT molecular complexity index is 493. The summed E-state index contributed by atoms with van der Waals surface area (Å²) in [4.78, 5) is 0. The molecule has 0 amide bonds. The molecule has 17 heavy (non-hydrogen) atoms. The number of hydrogen-bond acceptors (Lipinski definition) is 3. The van der Waals surface area contributed by atoms with Crippen LogP contribution in [0.25, 0.3) is 10.9 Å². The first kappa shape index (κ1) is 12.1. The normalized spacial score (nSPS) is 13.1. The smallest absolute Gasteiger partial charge is 0.0895 e. The number of benzene rings is 1. The van der Waals surface area contributed by atoms with Crippen molar-refractivity contribution in [1.82, 2.24) is 9.88 Å². The molecule has 92 valence electrons. The summed E-state index contributed by atoms with van der Waals surface area (Å²) in [5, 5.41) is 22.3. The predicted molar refractivity (Wildman–Crippen MR) is 67.7 cm³/mol. The first-order valence-corrected chi connectivity index (χ1v) is 5.75. The summed E-state index contributed by atoms with van der Waals surface area (Å²) in [5.41, 5.74) is 2.40. The molecule has 4 heteroatoms. The number of para-hydroxylation sites is 1. The summed E-state index contributed by atoms with van der Waals surface area (Å²) >= 11 is 0. The molecule has 0 spiro atoms. The number of hydrogen-bond donors (Lipinski definition) is 3. The molecule has 4 nitrogen and oxygen atoms in total. The maximum absolute atomic E-state index is 9.24. The molecule has 1 atom stereocenters. The Morgan fingerprint density at radius 1 is 1.35 bits per heavy atom. The SMILES string of the molecule is Cn1cc(CNCC(O)CO)c2ccccc21. The van der Waals surface area contributed by atoms with Crippen LogP contribution in [-0.4, -0.2) is 34.0 Å². The summed E-state index contributed by atoms with van der Waals surface area (Å²) in [7, 11) is 2.02. The van der Waals surface area contributed by atoms with E-state index in [1.165, 1.54) is 16.5 Å². The van der Waals surface area contributed by atoms with Crippen LogP contribution >= 0.6 is 0 Å². The van der Waals surface area contributed by atoms with E-state index in [0.29, 0.717) is 13.1 Å². The van der Waals surface area contributed by atoms with Crippen LogP contribution < -0.4 is 5.32 Å². The lowest BCUT2D eigenvalue weighted by Gasteiger charge is -2.08. The second-order valence-electron chi connectivity index (χ2n) is 4.25. The number of nitrogens with zero attached hydrogens (tertiary/aromatic N) is 1. The number of rotatable bonds is 5. The van der Waals surface area contributed by atoms with Gasteiger partial charge in [-0.05, 0) is 11.6 Å². The summed E-state index contributed by atoms with van der Waals surface area (Å²) in [6, 6.07) is 8.22. The Labute approximate surface area is 100 Å². The number of aromatic nitrogens is 1. The number of fused-ring (bicyclic) bond motifs is 1. The minimum absolute atomic E-state index is 0.206. The molecule has 0 saturated heterocycles. The average Bonchev–Trinajstić information content (AvgIpc) is 2.67. The molecule has 0 aliphatic heterocycles. The molecule has 1 aromatic carbocycles. The summed E-state index contributed by atoms with van der Waals surface area (Å²) in [6.07, 6.45) is 1.40. The minimum atomic E-state index is -0.690. The number of aliphatic hydroxyl groups is 2. The molecular formula is C13H18N2O2. The van der Waals surface area contributed by atoms with E-state index in [2.05, 4.69) is 28.2 Å². The summed E-state index contributed by atoms with van der Waals surface area (Å²) < 4.78 is 2.09. The highest BCUT2D eigenvalue weighted by molar-refractivity contribution is 5.83. The van der Waals surface area contributed by atoms with E-state index in [-0.39, 0.29) is 6.61 Å². The van der Waals surface area contributed by atoms with Gasteiger partial charge in [-0.1, -0.05) is 18.2 Å². The first-order chi connectivity index (χ1) is 8.22. The van der Waals surface area contributed by atoms with E-state index < -0.39 is 6.10 Å². The van der Waals surface area contributed by atoms with Gasteiger partial charge in [0.2, 0.25) is 0 Å². The second kappa shape index (κ2) is 5.31. The quantitative estimate of drug-likeness (QED) is 0.711. The van der Waals surface area contributed by atoms with Crippen molar-refractivity contribution in [1.29, 1.82) is 0 Å². The lowest BCUT2D eigenvalue weighted by atomic mass is 10.2. The first-order valence-electron chi connectivity index (χ1n) is 5.75. The second-order valence-corrected chi connectivity index (χ2v) is 4.25. The van der Waals surface area contributed by atoms with E-state index in [1.807, 2.05) is 19.2 Å². The lowest BCUT2D eigenvalue weighted by molar-refractivity contribution is 0.0942. The molecule has 2 rings (SSSR count). The van der Waals surface area contributed by atoms with Gasteiger partial charge in [0.1, 0.15) is 0 Å². The van der Waals surface area contributed by atoms with Crippen LogP contribution in [0.3, 0.4) is 0 Å². The van der Waals surface area contributed by atoms with Crippen molar-refractivity contribution in [3.8, 4) is 0 Å². The zero-order valence-electron chi connectivity index (χ0n) is 9.93. The van der Waals surface area contributed by atoms with Crippen LogP contribution in [0.15, 0.2) is 30.5 Å². The fraction of sp³-hybridized carbons (Fsp3) is 0.385. The molecular weight excluding hydrogens is 216 g/mol. The molecule has 2 aromatic rings. The molecule has 1 heterocycles. The van der Waals surface area contributed by atoms with E-state index in [4.69, 9.17) is 5.11 Å². The van der Waals surface area contributed by atoms with Crippen LogP contribution in [0.5, 0.6) is 0 Å². The Kier molecular flexibility index (Phi) is 3.78. The van der Waals surface area contributed by atoms with Gasteiger partial charge >= 0.3 is 0 Å². The van der Waals surface area contributed by atoms with Gasteiger partial charge in [-0.15, -0.1) is 0 Å². The fourth-order valence-electron chi connectivity index (χ4n) is 2.00. The highest BCUT2D eigenvalue weighted by Crippen LogP contribution is 2.19. The van der Waals surface area contributed by atoms with E-state index >= 15 is 0 Å². The molecule has 0 aliphatic rings. The highest BCUT2D eigenvalue weighted by atomic mass is 16.3.